The van der Waals surface area contributed by atoms with E-state index in [4.69, 9.17) is 0 Å². The molecule has 0 radical (unpaired) electrons. The summed E-state index contributed by atoms with van der Waals surface area (Å²) in [5.74, 6) is 1.24. The third-order valence-corrected chi connectivity index (χ3v) is 4.37. The number of likely N-dealkylation sites (tertiary alicyclic amines) is 1. The fourth-order valence-corrected chi connectivity index (χ4v) is 3.07. The van der Waals surface area contributed by atoms with Gasteiger partial charge in [0.15, 0.2) is 0 Å². The Hall–Kier alpha value is -0.570. The van der Waals surface area contributed by atoms with Crippen LogP contribution in [0.5, 0.6) is 0 Å². The van der Waals surface area contributed by atoms with E-state index in [-0.39, 0.29) is 5.92 Å². The van der Waals surface area contributed by atoms with Crippen molar-refractivity contribution in [3.63, 3.8) is 0 Å². The highest BCUT2D eigenvalue weighted by Crippen LogP contribution is 2.23. The molecule has 1 aliphatic heterocycles. The van der Waals surface area contributed by atoms with Gasteiger partial charge in [-0.25, -0.2) is 0 Å². The molecule has 0 aliphatic carbocycles. The molecular formula is C15H30N2O. The van der Waals surface area contributed by atoms with Crippen LogP contribution in [-0.2, 0) is 4.79 Å². The Kier molecular flexibility index (Phi) is 6.69. The van der Waals surface area contributed by atoms with Crippen LogP contribution in [0.3, 0.4) is 0 Å². The van der Waals surface area contributed by atoms with Crippen LogP contribution in [0.1, 0.15) is 53.4 Å². The highest BCUT2D eigenvalue weighted by Gasteiger charge is 2.31. The lowest BCUT2D eigenvalue weighted by atomic mass is 9.88. The standard InChI is InChI=1S/C15H30N2O/c1-5-12(6-2)15(18)17-10-9-14(16-8-4)13(7-3)11-17/h12-14,16H,5-11H2,1-4H3. The van der Waals surface area contributed by atoms with E-state index in [0.717, 1.165) is 45.3 Å². The van der Waals surface area contributed by atoms with Gasteiger partial charge in [0, 0.05) is 25.0 Å². The van der Waals surface area contributed by atoms with E-state index in [1.54, 1.807) is 0 Å². The summed E-state index contributed by atoms with van der Waals surface area (Å²) < 4.78 is 0. The zero-order valence-corrected chi connectivity index (χ0v) is 12.5. The molecule has 1 amide bonds. The molecule has 1 rings (SSSR count). The molecule has 1 saturated heterocycles. The molecular weight excluding hydrogens is 224 g/mol. The maximum atomic E-state index is 12.4. The van der Waals surface area contributed by atoms with Crippen LogP contribution in [0.15, 0.2) is 0 Å². The molecule has 1 aliphatic rings. The number of carbonyl (C=O) groups is 1. The Bertz CT molecular complexity index is 251. The van der Waals surface area contributed by atoms with E-state index in [1.807, 2.05) is 0 Å². The lowest BCUT2D eigenvalue weighted by Crippen LogP contribution is -2.52. The van der Waals surface area contributed by atoms with Crippen LogP contribution < -0.4 is 5.32 Å². The normalized spacial score (nSPS) is 24.6. The maximum Gasteiger partial charge on any atom is 0.225 e. The van der Waals surface area contributed by atoms with Crippen molar-refractivity contribution in [2.75, 3.05) is 19.6 Å². The van der Waals surface area contributed by atoms with Crippen molar-refractivity contribution in [3.05, 3.63) is 0 Å². The first-order valence-corrected chi connectivity index (χ1v) is 7.69. The molecule has 2 unspecified atom stereocenters. The van der Waals surface area contributed by atoms with Gasteiger partial charge in [-0.05, 0) is 31.7 Å². The van der Waals surface area contributed by atoms with Gasteiger partial charge in [0.05, 0.1) is 0 Å². The van der Waals surface area contributed by atoms with Gasteiger partial charge in [0.1, 0.15) is 0 Å². The minimum absolute atomic E-state index is 0.234. The number of hydrogen-bond acceptors (Lipinski definition) is 2. The van der Waals surface area contributed by atoms with Gasteiger partial charge in [-0.15, -0.1) is 0 Å². The summed E-state index contributed by atoms with van der Waals surface area (Å²) in [6, 6.07) is 0.603. The third-order valence-electron chi connectivity index (χ3n) is 4.37. The number of nitrogens with one attached hydrogen (secondary N) is 1. The summed E-state index contributed by atoms with van der Waals surface area (Å²) >= 11 is 0. The van der Waals surface area contributed by atoms with Gasteiger partial charge in [-0.3, -0.25) is 4.79 Å². The third kappa shape index (κ3) is 3.71. The van der Waals surface area contributed by atoms with Gasteiger partial charge in [0.25, 0.3) is 0 Å². The molecule has 3 nitrogen and oxygen atoms in total. The highest BCUT2D eigenvalue weighted by molar-refractivity contribution is 5.78. The second-order valence-corrected chi connectivity index (χ2v) is 5.42. The van der Waals surface area contributed by atoms with Gasteiger partial charge in [0.2, 0.25) is 5.91 Å². The molecule has 0 saturated carbocycles. The monoisotopic (exact) mass is 254 g/mol. The van der Waals surface area contributed by atoms with Crippen LogP contribution >= 0.6 is 0 Å². The summed E-state index contributed by atoms with van der Waals surface area (Å²) in [5, 5.41) is 3.56. The predicted octanol–water partition coefficient (Wildman–Crippen LogP) is 2.66. The Morgan fingerprint density at radius 1 is 1.28 bits per heavy atom. The molecule has 106 valence electrons. The van der Waals surface area contributed by atoms with Crippen molar-refractivity contribution in [2.24, 2.45) is 11.8 Å². The van der Waals surface area contributed by atoms with Gasteiger partial charge in [-0.2, -0.15) is 0 Å². The summed E-state index contributed by atoms with van der Waals surface area (Å²) in [4.78, 5) is 14.5. The average Bonchev–Trinajstić information content (AvgIpc) is 2.40. The fraction of sp³-hybridized carbons (Fsp3) is 0.933. The van der Waals surface area contributed by atoms with Crippen molar-refractivity contribution >= 4 is 5.91 Å². The van der Waals surface area contributed by atoms with Crippen LogP contribution in [0.4, 0.5) is 0 Å². The Labute approximate surface area is 112 Å². The van der Waals surface area contributed by atoms with E-state index in [0.29, 0.717) is 17.9 Å². The van der Waals surface area contributed by atoms with E-state index in [1.165, 1.54) is 0 Å². The summed E-state index contributed by atoms with van der Waals surface area (Å²) in [6.07, 6.45) is 4.21. The molecule has 2 atom stereocenters. The van der Waals surface area contributed by atoms with Gasteiger partial charge in [-0.1, -0.05) is 34.1 Å². The quantitative estimate of drug-likeness (QED) is 0.790. The minimum Gasteiger partial charge on any atom is -0.342 e. The number of carbonyl (C=O) groups excluding carboxylic acids is 1. The number of hydrogen-bond donors (Lipinski definition) is 1. The zero-order chi connectivity index (χ0) is 13.5. The SMILES string of the molecule is CCNC1CCN(C(=O)C(CC)CC)CC1CC. The van der Waals surface area contributed by atoms with Crippen molar-refractivity contribution < 1.29 is 4.79 Å². The van der Waals surface area contributed by atoms with Crippen LogP contribution in [0.25, 0.3) is 0 Å². The molecule has 1 heterocycles. The van der Waals surface area contributed by atoms with Crippen molar-refractivity contribution in [1.82, 2.24) is 10.2 Å². The van der Waals surface area contributed by atoms with Gasteiger partial charge < -0.3 is 10.2 Å². The first-order chi connectivity index (χ1) is 8.67. The second-order valence-electron chi connectivity index (χ2n) is 5.42. The molecule has 0 spiro atoms. The zero-order valence-electron chi connectivity index (χ0n) is 12.5. The largest absolute Gasteiger partial charge is 0.342 e. The van der Waals surface area contributed by atoms with E-state index >= 15 is 0 Å². The average molecular weight is 254 g/mol. The number of amides is 1. The van der Waals surface area contributed by atoms with Crippen LogP contribution in [0.2, 0.25) is 0 Å². The van der Waals surface area contributed by atoms with Gasteiger partial charge >= 0.3 is 0 Å². The van der Waals surface area contributed by atoms with Crippen molar-refractivity contribution in [3.8, 4) is 0 Å². The van der Waals surface area contributed by atoms with Crippen molar-refractivity contribution in [1.29, 1.82) is 0 Å². The Morgan fingerprint density at radius 2 is 1.94 bits per heavy atom. The van der Waals surface area contributed by atoms with E-state index in [9.17, 15) is 4.79 Å². The molecule has 0 aromatic rings. The molecule has 1 N–H and O–H groups in total. The molecule has 18 heavy (non-hydrogen) atoms. The van der Waals surface area contributed by atoms with E-state index in [2.05, 4.69) is 37.9 Å². The topological polar surface area (TPSA) is 32.3 Å². The Balaban J connectivity index is 2.58. The smallest absolute Gasteiger partial charge is 0.225 e. The van der Waals surface area contributed by atoms with Crippen LogP contribution in [0, 0.1) is 11.8 Å². The first-order valence-electron chi connectivity index (χ1n) is 7.69. The van der Waals surface area contributed by atoms with E-state index < -0.39 is 0 Å². The lowest BCUT2D eigenvalue weighted by molar-refractivity contribution is -0.138. The maximum absolute atomic E-state index is 12.4. The number of nitrogens with zero attached hydrogens (tertiary/aromatic N) is 1. The van der Waals surface area contributed by atoms with Crippen molar-refractivity contribution in [2.45, 2.75) is 59.4 Å². The first kappa shape index (κ1) is 15.5. The van der Waals surface area contributed by atoms with Crippen LogP contribution in [-0.4, -0.2) is 36.5 Å². The lowest BCUT2D eigenvalue weighted by Gasteiger charge is -2.40. The fourth-order valence-electron chi connectivity index (χ4n) is 3.07. The molecule has 0 bridgehead atoms. The Morgan fingerprint density at radius 3 is 2.44 bits per heavy atom. The molecule has 1 fully saturated rings. The second kappa shape index (κ2) is 7.78. The number of rotatable bonds is 6. The summed E-state index contributed by atoms with van der Waals surface area (Å²) in [5.41, 5.74) is 0. The summed E-state index contributed by atoms with van der Waals surface area (Å²) in [6.45, 7) is 11.5. The number of piperidine rings is 1. The molecule has 3 heteroatoms. The minimum atomic E-state index is 0.234. The highest BCUT2D eigenvalue weighted by atomic mass is 16.2. The molecule has 0 aromatic heterocycles. The summed E-state index contributed by atoms with van der Waals surface area (Å²) in [7, 11) is 0. The molecule has 0 aromatic carbocycles. The predicted molar refractivity (Wildman–Crippen MR) is 76.5 cm³/mol.